The fourth-order valence-corrected chi connectivity index (χ4v) is 3.63. The van der Waals surface area contributed by atoms with E-state index in [1.54, 1.807) is 7.11 Å². The van der Waals surface area contributed by atoms with Crippen molar-refractivity contribution in [1.29, 1.82) is 0 Å². The second kappa shape index (κ2) is 7.86. The van der Waals surface area contributed by atoms with Crippen LogP contribution in [0, 0.1) is 0 Å². The molecule has 4 rings (SSSR count). The van der Waals surface area contributed by atoms with Gasteiger partial charge in [0.2, 0.25) is 0 Å². The van der Waals surface area contributed by atoms with Gasteiger partial charge in [-0.2, -0.15) is 5.10 Å². The molecule has 6 heteroatoms. The summed E-state index contributed by atoms with van der Waals surface area (Å²) in [5.41, 5.74) is 3.38. The predicted octanol–water partition coefficient (Wildman–Crippen LogP) is 3.21. The van der Waals surface area contributed by atoms with Crippen molar-refractivity contribution in [1.82, 2.24) is 20.0 Å². The van der Waals surface area contributed by atoms with Crippen LogP contribution in [0.15, 0.2) is 60.7 Å². The zero-order chi connectivity index (χ0) is 19.5. The first kappa shape index (κ1) is 18.3. The molecule has 0 radical (unpaired) electrons. The molecule has 1 saturated heterocycles. The van der Waals surface area contributed by atoms with E-state index in [0.717, 1.165) is 23.6 Å². The predicted molar refractivity (Wildman–Crippen MR) is 108 cm³/mol. The highest BCUT2D eigenvalue weighted by Crippen LogP contribution is 2.26. The number of amides is 1. The van der Waals surface area contributed by atoms with Crippen LogP contribution in [0.5, 0.6) is 5.75 Å². The van der Waals surface area contributed by atoms with E-state index in [-0.39, 0.29) is 11.9 Å². The van der Waals surface area contributed by atoms with Crippen LogP contribution >= 0.6 is 0 Å². The van der Waals surface area contributed by atoms with Crippen molar-refractivity contribution in [2.45, 2.75) is 6.04 Å². The summed E-state index contributed by atoms with van der Waals surface area (Å²) >= 11 is 0. The maximum atomic E-state index is 13.1. The molecule has 2 aromatic carbocycles. The number of H-pyrrole nitrogens is 1. The minimum absolute atomic E-state index is 0.0179. The molecule has 0 spiro atoms. The average Bonchev–Trinajstić information content (AvgIpc) is 3.24. The molecule has 1 aliphatic rings. The second-order valence-electron chi connectivity index (χ2n) is 7.06. The molecular weight excluding hydrogens is 352 g/mol. The monoisotopic (exact) mass is 376 g/mol. The van der Waals surface area contributed by atoms with Crippen molar-refractivity contribution in [2.75, 3.05) is 33.8 Å². The Morgan fingerprint density at radius 1 is 1.11 bits per heavy atom. The van der Waals surface area contributed by atoms with E-state index < -0.39 is 0 Å². The summed E-state index contributed by atoms with van der Waals surface area (Å²) in [6, 6.07) is 20.0. The van der Waals surface area contributed by atoms with Gasteiger partial charge in [-0.05, 0) is 30.8 Å². The third-order valence-electron chi connectivity index (χ3n) is 5.29. The smallest absolute Gasteiger partial charge is 0.271 e. The molecule has 0 saturated carbocycles. The minimum Gasteiger partial charge on any atom is -0.497 e. The van der Waals surface area contributed by atoms with Crippen LogP contribution < -0.4 is 4.74 Å². The van der Waals surface area contributed by atoms with E-state index >= 15 is 0 Å². The lowest BCUT2D eigenvalue weighted by molar-refractivity contribution is 0.0540. The number of benzene rings is 2. The van der Waals surface area contributed by atoms with Crippen molar-refractivity contribution in [3.8, 4) is 17.0 Å². The van der Waals surface area contributed by atoms with Gasteiger partial charge in [0.05, 0.1) is 18.8 Å². The van der Waals surface area contributed by atoms with Crippen molar-refractivity contribution >= 4 is 5.91 Å². The molecule has 144 valence electrons. The van der Waals surface area contributed by atoms with Crippen LogP contribution in [-0.2, 0) is 0 Å². The third kappa shape index (κ3) is 3.64. The Morgan fingerprint density at radius 2 is 1.93 bits per heavy atom. The number of hydrogen-bond donors (Lipinski definition) is 1. The number of methoxy groups -OCH3 is 1. The van der Waals surface area contributed by atoms with Crippen LogP contribution in [0.1, 0.15) is 22.1 Å². The lowest BCUT2D eigenvalue weighted by atomic mass is 10.0. The zero-order valence-corrected chi connectivity index (χ0v) is 16.1. The number of rotatable bonds is 4. The van der Waals surface area contributed by atoms with Gasteiger partial charge < -0.3 is 9.64 Å². The van der Waals surface area contributed by atoms with E-state index in [1.165, 1.54) is 5.56 Å². The van der Waals surface area contributed by atoms with Gasteiger partial charge in [-0.15, -0.1) is 0 Å². The van der Waals surface area contributed by atoms with Gasteiger partial charge in [0, 0.05) is 25.2 Å². The van der Waals surface area contributed by atoms with Gasteiger partial charge in [0.15, 0.2) is 0 Å². The van der Waals surface area contributed by atoms with E-state index in [1.807, 2.05) is 53.4 Å². The Hall–Kier alpha value is -3.12. The number of aromatic amines is 1. The normalized spacial score (nSPS) is 17.5. The molecule has 2 heterocycles. The van der Waals surface area contributed by atoms with Crippen molar-refractivity contribution in [3.63, 3.8) is 0 Å². The average molecular weight is 376 g/mol. The summed E-state index contributed by atoms with van der Waals surface area (Å²) < 4.78 is 5.27. The molecule has 1 amide bonds. The first-order valence-corrected chi connectivity index (χ1v) is 9.40. The van der Waals surface area contributed by atoms with Gasteiger partial charge in [-0.25, -0.2) is 0 Å². The van der Waals surface area contributed by atoms with E-state index in [4.69, 9.17) is 4.74 Å². The molecule has 0 aliphatic carbocycles. The number of nitrogens with zero attached hydrogens (tertiary/aromatic N) is 3. The molecule has 1 aliphatic heterocycles. The largest absolute Gasteiger partial charge is 0.497 e. The van der Waals surface area contributed by atoms with Crippen LogP contribution in [-0.4, -0.2) is 59.7 Å². The van der Waals surface area contributed by atoms with Crippen LogP contribution in [0.25, 0.3) is 11.3 Å². The zero-order valence-electron chi connectivity index (χ0n) is 16.1. The number of carbonyl (C=O) groups excluding carboxylic acids is 1. The Morgan fingerprint density at radius 3 is 2.71 bits per heavy atom. The molecule has 3 aromatic rings. The molecule has 6 nitrogen and oxygen atoms in total. The number of hydrogen-bond acceptors (Lipinski definition) is 4. The van der Waals surface area contributed by atoms with Gasteiger partial charge in [-0.1, -0.05) is 42.5 Å². The van der Waals surface area contributed by atoms with Gasteiger partial charge >= 0.3 is 0 Å². The highest BCUT2D eigenvalue weighted by molar-refractivity contribution is 5.93. The van der Waals surface area contributed by atoms with Gasteiger partial charge in [0.1, 0.15) is 11.4 Å². The maximum Gasteiger partial charge on any atom is 0.271 e. The number of aromatic nitrogens is 2. The molecule has 0 unspecified atom stereocenters. The number of carbonyl (C=O) groups is 1. The Balaban J connectivity index is 1.52. The van der Waals surface area contributed by atoms with Crippen LogP contribution in [0.2, 0.25) is 0 Å². The van der Waals surface area contributed by atoms with Crippen molar-refractivity contribution in [3.05, 3.63) is 71.9 Å². The summed E-state index contributed by atoms with van der Waals surface area (Å²) in [7, 11) is 3.74. The standard InChI is InChI=1S/C22H24N4O2/c1-25-11-12-26(15-21(25)16-7-4-3-5-8-16)22(27)20-14-19(23-24-20)17-9-6-10-18(13-17)28-2/h3-10,13-14,21H,11-12,15H2,1-2H3,(H,23,24)/t21-/m1/s1. The lowest BCUT2D eigenvalue weighted by Gasteiger charge is -2.39. The Kier molecular flexibility index (Phi) is 5.12. The van der Waals surface area contributed by atoms with Gasteiger partial charge in [0.25, 0.3) is 5.91 Å². The highest BCUT2D eigenvalue weighted by atomic mass is 16.5. The molecule has 0 bridgehead atoms. The number of ether oxygens (including phenoxy) is 1. The van der Waals surface area contributed by atoms with E-state index in [2.05, 4.69) is 34.3 Å². The number of piperazine rings is 1. The maximum absolute atomic E-state index is 13.1. The summed E-state index contributed by atoms with van der Waals surface area (Å²) in [6.07, 6.45) is 0. The van der Waals surface area contributed by atoms with E-state index in [0.29, 0.717) is 18.8 Å². The number of likely N-dealkylation sites (N-methyl/N-ethyl adjacent to an activating group) is 1. The SMILES string of the molecule is COc1cccc(-c2cc(C(=O)N3CCN(C)[C@@H](c4ccccc4)C3)[nH]n2)c1. The number of nitrogens with one attached hydrogen (secondary N) is 1. The van der Waals surface area contributed by atoms with Crippen molar-refractivity contribution < 1.29 is 9.53 Å². The summed E-state index contributed by atoms with van der Waals surface area (Å²) in [5, 5.41) is 7.24. The quantitative estimate of drug-likeness (QED) is 0.760. The van der Waals surface area contributed by atoms with Crippen LogP contribution in [0.3, 0.4) is 0 Å². The molecule has 1 N–H and O–H groups in total. The minimum atomic E-state index is -0.0179. The van der Waals surface area contributed by atoms with Crippen LogP contribution in [0.4, 0.5) is 0 Å². The third-order valence-corrected chi connectivity index (χ3v) is 5.29. The molecule has 1 aromatic heterocycles. The molecule has 1 fully saturated rings. The summed E-state index contributed by atoms with van der Waals surface area (Å²) in [5.74, 6) is 0.744. The lowest BCUT2D eigenvalue weighted by Crippen LogP contribution is -2.49. The van der Waals surface area contributed by atoms with Crippen molar-refractivity contribution in [2.24, 2.45) is 0 Å². The molecule has 28 heavy (non-hydrogen) atoms. The summed E-state index contributed by atoms with van der Waals surface area (Å²) in [6.45, 7) is 2.20. The fraction of sp³-hybridized carbons (Fsp3) is 0.273. The first-order valence-electron chi connectivity index (χ1n) is 9.40. The second-order valence-corrected chi connectivity index (χ2v) is 7.06. The molecule has 1 atom stereocenters. The Labute approximate surface area is 164 Å². The van der Waals surface area contributed by atoms with Gasteiger partial charge in [-0.3, -0.25) is 14.8 Å². The Bertz CT molecular complexity index is 954. The van der Waals surface area contributed by atoms with E-state index in [9.17, 15) is 4.79 Å². The highest BCUT2D eigenvalue weighted by Gasteiger charge is 2.29. The fourth-order valence-electron chi connectivity index (χ4n) is 3.63. The first-order chi connectivity index (χ1) is 13.7. The molecular formula is C22H24N4O2. The summed E-state index contributed by atoms with van der Waals surface area (Å²) in [4.78, 5) is 17.3. The topological polar surface area (TPSA) is 61.5 Å².